The summed E-state index contributed by atoms with van der Waals surface area (Å²) >= 11 is 1.15. The van der Waals surface area contributed by atoms with Crippen LogP contribution < -0.4 is 0 Å². The average molecular weight is 405 g/mol. The van der Waals surface area contributed by atoms with Gasteiger partial charge in [0.2, 0.25) is 0 Å². The summed E-state index contributed by atoms with van der Waals surface area (Å²) in [6.45, 7) is 0.215. The van der Waals surface area contributed by atoms with Crippen molar-refractivity contribution in [1.82, 2.24) is 4.90 Å². The number of carbonyl (C=O) groups is 1. The van der Waals surface area contributed by atoms with Gasteiger partial charge in [-0.25, -0.2) is 4.39 Å². The van der Waals surface area contributed by atoms with E-state index >= 15 is 0 Å². The number of furan rings is 1. The molecule has 0 saturated carbocycles. The first-order valence-electron chi connectivity index (χ1n) is 8.85. The van der Waals surface area contributed by atoms with Gasteiger partial charge in [0.1, 0.15) is 11.6 Å². The van der Waals surface area contributed by atoms with Crippen molar-refractivity contribution < 1.29 is 13.6 Å². The SMILES string of the molecule is O=C1/C(=C/c2ccccc2F)S/C(=N/N=C\c2ccccc2)N1Cc1ccco1. The predicted octanol–water partition coefficient (Wildman–Crippen LogP) is 4.93. The minimum atomic E-state index is -0.390. The van der Waals surface area contributed by atoms with Gasteiger partial charge in [-0.2, -0.15) is 5.10 Å². The second-order valence-corrected chi connectivity index (χ2v) is 7.15. The molecule has 7 heteroatoms. The summed E-state index contributed by atoms with van der Waals surface area (Å²) in [5.41, 5.74) is 1.24. The Kier molecular flexibility index (Phi) is 5.67. The van der Waals surface area contributed by atoms with E-state index in [9.17, 15) is 9.18 Å². The van der Waals surface area contributed by atoms with Crippen molar-refractivity contribution in [3.05, 3.63) is 101 Å². The predicted molar refractivity (Wildman–Crippen MR) is 113 cm³/mol. The van der Waals surface area contributed by atoms with Crippen LogP contribution in [0.25, 0.3) is 6.08 Å². The third kappa shape index (κ3) is 4.52. The molecule has 1 saturated heterocycles. The topological polar surface area (TPSA) is 58.2 Å². The number of hydrogen-bond donors (Lipinski definition) is 0. The van der Waals surface area contributed by atoms with E-state index < -0.39 is 5.82 Å². The van der Waals surface area contributed by atoms with E-state index in [1.165, 1.54) is 17.0 Å². The maximum atomic E-state index is 14.0. The molecule has 1 aliphatic rings. The molecule has 3 aromatic rings. The Labute approximate surface area is 171 Å². The third-order valence-corrected chi connectivity index (χ3v) is 5.12. The van der Waals surface area contributed by atoms with Crippen LogP contribution >= 0.6 is 11.8 Å². The molecule has 0 spiro atoms. The van der Waals surface area contributed by atoms with E-state index in [1.54, 1.807) is 42.8 Å². The molecule has 0 radical (unpaired) electrons. The minimum absolute atomic E-state index is 0.215. The first-order chi connectivity index (χ1) is 14.2. The van der Waals surface area contributed by atoms with Crippen LogP contribution in [0.1, 0.15) is 16.9 Å². The second kappa shape index (κ2) is 8.70. The number of amidine groups is 1. The van der Waals surface area contributed by atoms with Gasteiger partial charge in [-0.3, -0.25) is 9.69 Å². The van der Waals surface area contributed by atoms with Crippen LogP contribution in [0.2, 0.25) is 0 Å². The number of thioether (sulfide) groups is 1. The van der Waals surface area contributed by atoms with Crippen LogP contribution in [0.15, 0.2) is 92.5 Å². The summed E-state index contributed by atoms with van der Waals surface area (Å²) in [5.74, 6) is -0.0485. The Bertz CT molecular complexity index is 1090. The van der Waals surface area contributed by atoms with E-state index in [2.05, 4.69) is 10.2 Å². The van der Waals surface area contributed by atoms with Crippen molar-refractivity contribution in [1.29, 1.82) is 0 Å². The first-order valence-corrected chi connectivity index (χ1v) is 9.67. The van der Waals surface area contributed by atoms with Gasteiger partial charge in [-0.1, -0.05) is 48.5 Å². The molecular formula is C22H16FN3O2S. The van der Waals surface area contributed by atoms with Gasteiger partial charge < -0.3 is 4.42 Å². The molecular weight excluding hydrogens is 389 g/mol. The highest BCUT2D eigenvalue weighted by molar-refractivity contribution is 8.18. The first kappa shape index (κ1) is 18.9. The summed E-state index contributed by atoms with van der Waals surface area (Å²) in [6, 6.07) is 19.4. The molecule has 5 nitrogen and oxygen atoms in total. The number of carbonyl (C=O) groups excluding carboxylic acids is 1. The highest BCUT2D eigenvalue weighted by Crippen LogP contribution is 2.34. The number of benzene rings is 2. The lowest BCUT2D eigenvalue weighted by Crippen LogP contribution is -2.28. The van der Waals surface area contributed by atoms with Crippen molar-refractivity contribution in [2.75, 3.05) is 0 Å². The van der Waals surface area contributed by atoms with Crippen molar-refractivity contribution >= 4 is 35.1 Å². The van der Waals surface area contributed by atoms with E-state index in [-0.39, 0.29) is 12.5 Å². The average Bonchev–Trinajstić information content (AvgIpc) is 3.35. The molecule has 0 bridgehead atoms. The fourth-order valence-corrected chi connectivity index (χ4v) is 3.62. The molecule has 0 unspecified atom stereocenters. The smallest absolute Gasteiger partial charge is 0.267 e. The van der Waals surface area contributed by atoms with Crippen molar-refractivity contribution in [3.8, 4) is 0 Å². The van der Waals surface area contributed by atoms with Crippen molar-refractivity contribution in [2.45, 2.75) is 6.54 Å². The molecule has 2 aromatic carbocycles. The molecule has 0 atom stereocenters. The van der Waals surface area contributed by atoms with Crippen molar-refractivity contribution in [2.24, 2.45) is 10.2 Å². The Balaban J connectivity index is 1.64. The second-order valence-electron chi connectivity index (χ2n) is 6.14. The third-order valence-electron chi connectivity index (χ3n) is 4.12. The fraction of sp³-hybridized carbons (Fsp3) is 0.0455. The molecule has 1 aromatic heterocycles. The molecule has 1 fully saturated rings. The van der Waals surface area contributed by atoms with E-state index in [1.807, 2.05) is 30.3 Å². The monoisotopic (exact) mass is 405 g/mol. The lowest BCUT2D eigenvalue weighted by Gasteiger charge is -2.12. The highest BCUT2D eigenvalue weighted by atomic mass is 32.2. The number of nitrogens with zero attached hydrogens (tertiary/aromatic N) is 3. The molecule has 1 aliphatic heterocycles. The number of hydrogen-bond acceptors (Lipinski definition) is 5. The number of rotatable bonds is 5. The Hall–Kier alpha value is -3.45. The zero-order valence-electron chi connectivity index (χ0n) is 15.2. The van der Waals surface area contributed by atoms with Crippen LogP contribution in [0.5, 0.6) is 0 Å². The zero-order chi connectivity index (χ0) is 20.1. The number of amides is 1. The molecule has 4 rings (SSSR count). The van der Waals surface area contributed by atoms with Gasteiger partial charge >= 0.3 is 0 Å². The normalized spacial score (nSPS) is 17.1. The number of halogens is 1. The molecule has 0 aliphatic carbocycles. The largest absolute Gasteiger partial charge is 0.467 e. The van der Waals surface area contributed by atoms with Gasteiger partial charge in [0.25, 0.3) is 5.91 Å². The summed E-state index contributed by atoms with van der Waals surface area (Å²) in [5, 5.41) is 8.74. The summed E-state index contributed by atoms with van der Waals surface area (Å²) < 4.78 is 19.4. The summed E-state index contributed by atoms with van der Waals surface area (Å²) in [4.78, 5) is 14.8. The maximum Gasteiger partial charge on any atom is 0.267 e. The van der Waals surface area contributed by atoms with Crippen LogP contribution in [-0.4, -0.2) is 22.2 Å². The zero-order valence-corrected chi connectivity index (χ0v) is 16.1. The van der Waals surface area contributed by atoms with Crippen LogP contribution in [0.4, 0.5) is 4.39 Å². The van der Waals surface area contributed by atoms with Gasteiger partial charge in [0, 0.05) is 5.56 Å². The Morgan fingerprint density at radius 1 is 1.03 bits per heavy atom. The van der Waals surface area contributed by atoms with Gasteiger partial charge in [-0.05, 0) is 41.6 Å². The van der Waals surface area contributed by atoms with Crippen LogP contribution in [-0.2, 0) is 11.3 Å². The minimum Gasteiger partial charge on any atom is -0.467 e. The van der Waals surface area contributed by atoms with E-state index in [0.717, 1.165) is 17.3 Å². The molecule has 144 valence electrons. The van der Waals surface area contributed by atoms with E-state index in [4.69, 9.17) is 4.42 Å². The Morgan fingerprint density at radius 2 is 1.83 bits per heavy atom. The fourth-order valence-electron chi connectivity index (χ4n) is 2.70. The highest BCUT2D eigenvalue weighted by Gasteiger charge is 2.34. The summed E-state index contributed by atoms with van der Waals surface area (Å²) in [6.07, 6.45) is 4.69. The lowest BCUT2D eigenvalue weighted by molar-refractivity contribution is -0.122. The molecule has 1 amide bonds. The van der Waals surface area contributed by atoms with Crippen molar-refractivity contribution in [3.63, 3.8) is 0 Å². The quantitative estimate of drug-likeness (QED) is 0.344. The maximum absolute atomic E-state index is 14.0. The van der Waals surface area contributed by atoms with Crippen LogP contribution in [0.3, 0.4) is 0 Å². The molecule has 0 N–H and O–H groups in total. The van der Waals surface area contributed by atoms with Gasteiger partial charge in [0.15, 0.2) is 5.17 Å². The van der Waals surface area contributed by atoms with Gasteiger partial charge in [-0.15, -0.1) is 5.10 Å². The standard InChI is InChI=1S/C22H16FN3O2S/c23-19-11-5-4-9-17(19)13-20-21(27)26(15-18-10-6-12-28-18)22(29-20)25-24-14-16-7-2-1-3-8-16/h1-14H,15H2/b20-13-,24-14-,25-22+. The van der Waals surface area contributed by atoms with Gasteiger partial charge in [0.05, 0.1) is 23.9 Å². The molecule has 2 heterocycles. The lowest BCUT2D eigenvalue weighted by atomic mass is 10.2. The van der Waals surface area contributed by atoms with Crippen LogP contribution in [0, 0.1) is 5.82 Å². The summed E-state index contributed by atoms with van der Waals surface area (Å²) in [7, 11) is 0. The molecule has 29 heavy (non-hydrogen) atoms. The Morgan fingerprint density at radius 3 is 2.59 bits per heavy atom. The van der Waals surface area contributed by atoms with E-state index in [0.29, 0.717) is 21.4 Å².